The molecular formula is C15H19N3. The Morgan fingerprint density at radius 2 is 1.78 bits per heavy atom. The van der Waals surface area contributed by atoms with Crippen molar-refractivity contribution >= 4 is 5.82 Å². The van der Waals surface area contributed by atoms with Gasteiger partial charge in [0.25, 0.3) is 0 Å². The minimum Gasteiger partial charge on any atom is -0.382 e. The minimum atomic E-state index is 0.496. The molecule has 3 nitrogen and oxygen atoms in total. The van der Waals surface area contributed by atoms with Crippen LogP contribution in [0.15, 0.2) is 30.3 Å². The van der Waals surface area contributed by atoms with Gasteiger partial charge in [0.15, 0.2) is 0 Å². The predicted octanol–water partition coefficient (Wildman–Crippen LogP) is 3.23. The molecule has 18 heavy (non-hydrogen) atoms. The van der Waals surface area contributed by atoms with E-state index in [9.17, 15) is 0 Å². The van der Waals surface area contributed by atoms with Crippen LogP contribution in [-0.2, 0) is 6.42 Å². The predicted molar refractivity (Wildman–Crippen MR) is 75.2 cm³/mol. The third-order valence-corrected chi connectivity index (χ3v) is 2.92. The van der Waals surface area contributed by atoms with Gasteiger partial charge in [0.2, 0.25) is 0 Å². The molecule has 0 aliphatic heterocycles. The Morgan fingerprint density at radius 1 is 1.11 bits per heavy atom. The monoisotopic (exact) mass is 241 g/mol. The summed E-state index contributed by atoms with van der Waals surface area (Å²) in [5.74, 6) is 1.17. The Morgan fingerprint density at radius 3 is 2.33 bits per heavy atom. The maximum atomic E-state index is 5.67. The van der Waals surface area contributed by atoms with Crippen LogP contribution in [0.1, 0.15) is 25.0 Å². The van der Waals surface area contributed by atoms with Gasteiger partial charge in [-0.1, -0.05) is 38.1 Å². The van der Waals surface area contributed by atoms with Crippen LogP contribution < -0.4 is 5.73 Å². The molecule has 0 amide bonds. The molecule has 0 unspecified atom stereocenters. The van der Waals surface area contributed by atoms with E-state index in [-0.39, 0.29) is 0 Å². The number of aryl methyl sites for hydroxylation is 1. The van der Waals surface area contributed by atoms with E-state index in [4.69, 9.17) is 5.73 Å². The van der Waals surface area contributed by atoms with Crippen LogP contribution in [0.25, 0.3) is 11.3 Å². The summed E-state index contributed by atoms with van der Waals surface area (Å²) in [5, 5.41) is 8.08. The van der Waals surface area contributed by atoms with Crippen LogP contribution in [0.4, 0.5) is 5.82 Å². The van der Waals surface area contributed by atoms with E-state index in [1.54, 1.807) is 0 Å². The Kier molecular flexibility index (Phi) is 3.60. The van der Waals surface area contributed by atoms with Crippen LogP contribution in [0.3, 0.4) is 0 Å². The zero-order chi connectivity index (χ0) is 13.1. The van der Waals surface area contributed by atoms with Gasteiger partial charge in [-0.15, -0.1) is 10.2 Å². The normalized spacial score (nSPS) is 10.9. The number of benzene rings is 1. The molecule has 0 aliphatic rings. The molecule has 2 aromatic rings. The van der Waals surface area contributed by atoms with Gasteiger partial charge in [0.1, 0.15) is 5.82 Å². The molecule has 0 fully saturated rings. The van der Waals surface area contributed by atoms with Crippen molar-refractivity contribution in [3.63, 3.8) is 0 Å². The number of nitrogen functional groups attached to an aromatic ring is 1. The lowest BCUT2D eigenvalue weighted by atomic mass is 10.0. The van der Waals surface area contributed by atoms with Crippen LogP contribution in [0, 0.1) is 12.8 Å². The van der Waals surface area contributed by atoms with Crippen molar-refractivity contribution in [2.45, 2.75) is 27.2 Å². The summed E-state index contributed by atoms with van der Waals surface area (Å²) in [7, 11) is 0. The summed E-state index contributed by atoms with van der Waals surface area (Å²) >= 11 is 0. The number of nitrogens with zero attached hydrogens (tertiary/aromatic N) is 2. The van der Waals surface area contributed by atoms with E-state index in [1.165, 1.54) is 5.56 Å². The molecule has 1 aromatic heterocycles. The van der Waals surface area contributed by atoms with Crippen LogP contribution in [0.2, 0.25) is 0 Å². The zero-order valence-corrected chi connectivity index (χ0v) is 11.1. The maximum Gasteiger partial charge on any atom is 0.149 e. The summed E-state index contributed by atoms with van der Waals surface area (Å²) in [5.41, 5.74) is 9.95. The number of rotatable bonds is 3. The topological polar surface area (TPSA) is 51.8 Å². The molecule has 0 saturated carbocycles. The van der Waals surface area contributed by atoms with Gasteiger partial charge < -0.3 is 5.73 Å². The molecule has 0 atom stereocenters. The average Bonchev–Trinajstić information content (AvgIpc) is 2.33. The van der Waals surface area contributed by atoms with Crippen LogP contribution >= 0.6 is 0 Å². The summed E-state index contributed by atoms with van der Waals surface area (Å²) in [6.45, 7) is 6.39. The highest BCUT2D eigenvalue weighted by atomic mass is 15.1. The Hall–Kier alpha value is -1.90. The molecule has 0 radical (unpaired) electrons. The largest absolute Gasteiger partial charge is 0.382 e. The van der Waals surface area contributed by atoms with E-state index in [0.717, 1.165) is 23.2 Å². The second-order valence-corrected chi connectivity index (χ2v) is 5.09. The summed E-state index contributed by atoms with van der Waals surface area (Å²) in [4.78, 5) is 0. The maximum absolute atomic E-state index is 5.67. The molecule has 94 valence electrons. The summed E-state index contributed by atoms with van der Waals surface area (Å²) < 4.78 is 0. The quantitative estimate of drug-likeness (QED) is 0.897. The molecule has 2 N–H and O–H groups in total. The van der Waals surface area contributed by atoms with Crippen molar-refractivity contribution in [3.8, 4) is 11.3 Å². The van der Waals surface area contributed by atoms with Crippen LogP contribution in [-0.4, -0.2) is 10.2 Å². The van der Waals surface area contributed by atoms with Gasteiger partial charge in [-0.25, -0.2) is 0 Å². The highest BCUT2D eigenvalue weighted by molar-refractivity contribution is 5.61. The SMILES string of the molecule is Cc1cc(-c2ccc(CC(C)C)cc2)nnc1N. The summed E-state index contributed by atoms with van der Waals surface area (Å²) in [6.07, 6.45) is 1.10. The summed E-state index contributed by atoms with van der Waals surface area (Å²) in [6, 6.07) is 10.5. The average molecular weight is 241 g/mol. The first-order valence-electron chi connectivity index (χ1n) is 6.25. The van der Waals surface area contributed by atoms with Crippen molar-refractivity contribution in [2.24, 2.45) is 5.92 Å². The van der Waals surface area contributed by atoms with Crippen molar-refractivity contribution in [2.75, 3.05) is 5.73 Å². The zero-order valence-electron chi connectivity index (χ0n) is 11.1. The first-order chi connectivity index (χ1) is 8.56. The van der Waals surface area contributed by atoms with E-state index in [0.29, 0.717) is 11.7 Å². The third kappa shape index (κ3) is 2.86. The van der Waals surface area contributed by atoms with Crippen molar-refractivity contribution in [3.05, 3.63) is 41.5 Å². The van der Waals surface area contributed by atoms with Crippen molar-refractivity contribution < 1.29 is 0 Å². The van der Waals surface area contributed by atoms with E-state index in [1.807, 2.05) is 13.0 Å². The van der Waals surface area contributed by atoms with Crippen molar-refractivity contribution in [1.82, 2.24) is 10.2 Å². The lowest BCUT2D eigenvalue weighted by molar-refractivity contribution is 0.647. The number of hydrogen-bond acceptors (Lipinski definition) is 3. The minimum absolute atomic E-state index is 0.496. The lowest BCUT2D eigenvalue weighted by Crippen LogP contribution is -1.98. The highest BCUT2D eigenvalue weighted by Gasteiger charge is 2.04. The first-order valence-corrected chi connectivity index (χ1v) is 6.25. The molecule has 1 heterocycles. The van der Waals surface area contributed by atoms with Gasteiger partial charge >= 0.3 is 0 Å². The second-order valence-electron chi connectivity index (χ2n) is 5.09. The fourth-order valence-electron chi connectivity index (χ4n) is 1.92. The Labute approximate surface area is 108 Å². The fraction of sp³-hybridized carbons (Fsp3) is 0.333. The Balaban J connectivity index is 2.25. The molecule has 0 spiro atoms. The number of aromatic nitrogens is 2. The first kappa shape index (κ1) is 12.6. The smallest absolute Gasteiger partial charge is 0.149 e. The molecule has 0 bridgehead atoms. The molecule has 2 rings (SSSR count). The van der Waals surface area contributed by atoms with Gasteiger partial charge in [-0.3, -0.25) is 0 Å². The van der Waals surface area contributed by atoms with Gasteiger partial charge in [-0.2, -0.15) is 0 Å². The molecule has 1 aromatic carbocycles. The van der Waals surface area contributed by atoms with Gasteiger partial charge in [0.05, 0.1) is 5.69 Å². The van der Waals surface area contributed by atoms with E-state index in [2.05, 4.69) is 48.3 Å². The molecule has 0 saturated heterocycles. The van der Waals surface area contributed by atoms with Gasteiger partial charge in [0, 0.05) is 5.56 Å². The van der Waals surface area contributed by atoms with E-state index >= 15 is 0 Å². The third-order valence-electron chi connectivity index (χ3n) is 2.92. The van der Waals surface area contributed by atoms with Gasteiger partial charge in [-0.05, 0) is 36.5 Å². The number of nitrogens with two attached hydrogens (primary N) is 1. The lowest BCUT2D eigenvalue weighted by Gasteiger charge is -2.07. The molecule has 3 heteroatoms. The van der Waals surface area contributed by atoms with Crippen LogP contribution in [0.5, 0.6) is 0 Å². The standard InChI is InChI=1S/C15H19N3/c1-10(2)8-12-4-6-13(7-5-12)14-9-11(3)15(16)18-17-14/h4-7,9-10H,8H2,1-3H3,(H2,16,18). The molecule has 0 aliphatic carbocycles. The number of hydrogen-bond donors (Lipinski definition) is 1. The fourth-order valence-corrected chi connectivity index (χ4v) is 1.92. The Bertz CT molecular complexity index is 530. The number of anilines is 1. The van der Waals surface area contributed by atoms with Crippen molar-refractivity contribution in [1.29, 1.82) is 0 Å². The highest BCUT2D eigenvalue weighted by Crippen LogP contribution is 2.20. The van der Waals surface area contributed by atoms with E-state index < -0.39 is 0 Å². The molecular weight excluding hydrogens is 222 g/mol. The second kappa shape index (κ2) is 5.17.